The van der Waals surface area contributed by atoms with E-state index in [2.05, 4.69) is 36.3 Å². The van der Waals surface area contributed by atoms with Gasteiger partial charge in [-0.05, 0) is 46.5 Å². The second-order valence-corrected chi connectivity index (χ2v) is 7.66. The zero-order valence-electron chi connectivity index (χ0n) is 17.5. The van der Waals surface area contributed by atoms with Crippen LogP contribution in [0.5, 0.6) is 0 Å². The summed E-state index contributed by atoms with van der Waals surface area (Å²) in [6.45, 7) is 13.3. The second-order valence-electron chi connectivity index (χ2n) is 7.66. The zero-order valence-corrected chi connectivity index (χ0v) is 17.5. The smallest absolute Gasteiger partial charge is 0.227 e. The third-order valence-electron chi connectivity index (χ3n) is 5.57. The highest BCUT2D eigenvalue weighted by Gasteiger charge is 2.21. The van der Waals surface area contributed by atoms with E-state index in [1.54, 1.807) is 6.20 Å². The van der Waals surface area contributed by atoms with Crippen LogP contribution in [0.15, 0.2) is 42.9 Å². The van der Waals surface area contributed by atoms with E-state index in [1.807, 2.05) is 36.1 Å². The highest BCUT2D eigenvalue weighted by molar-refractivity contribution is 5.78. The first kappa shape index (κ1) is 20.6. The van der Waals surface area contributed by atoms with Gasteiger partial charge in [-0.15, -0.1) is 5.10 Å². The van der Waals surface area contributed by atoms with Crippen molar-refractivity contribution in [2.75, 3.05) is 32.7 Å². The highest BCUT2D eigenvalue weighted by atomic mass is 16.2. The molecule has 9 heteroatoms. The second kappa shape index (κ2) is 9.45. The first-order valence-corrected chi connectivity index (χ1v) is 10.3. The maximum Gasteiger partial charge on any atom is 0.227 e. The lowest BCUT2D eigenvalue weighted by Gasteiger charge is -2.34. The quantitative estimate of drug-likeness (QED) is 0.570. The molecule has 0 unspecified atom stereocenters. The Balaban J connectivity index is 1.23. The molecule has 1 aromatic carbocycles. The SMILES string of the molecule is [C-]#[N+]c1ccc(CCN2CCN(C(=O)Cc3ccc(-n4cnnn4)nc3)CC2)cc1C. The molecule has 0 spiro atoms. The fourth-order valence-corrected chi connectivity index (χ4v) is 3.72. The van der Waals surface area contributed by atoms with Crippen molar-refractivity contribution >= 4 is 11.6 Å². The van der Waals surface area contributed by atoms with Crippen LogP contribution in [0.1, 0.15) is 16.7 Å². The molecule has 2 aromatic heterocycles. The molecule has 0 radical (unpaired) electrons. The summed E-state index contributed by atoms with van der Waals surface area (Å²) in [5.41, 5.74) is 3.88. The van der Waals surface area contributed by atoms with Crippen LogP contribution in [0, 0.1) is 13.5 Å². The lowest BCUT2D eigenvalue weighted by molar-refractivity contribution is -0.132. The summed E-state index contributed by atoms with van der Waals surface area (Å²) < 4.78 is 1.48. The molecular weight excluding hydrogens is 392 g/mol. The van der Waals surface area contributed by atoms with Crippen LogP contribution in [0.4, 0.5) is 5.69 Å². The minimum absolute atomic E-state index is 0.127. The van der Waals surface area contributed by atoms with Gasteiger partial charge in [-0.25, -0.2) is 9.83 Å². The van der Waals surface area contributed by atoms with Crippen LogP contribution in [0.3, 0.4) is 0 Å². The van der Waals surface area contributed by atoms with Crippen LogP contribution in [0.2, 0.25) is 0 Å². The maximum atomic E-state index is 12.7. The van der Waals surface area contributed by atoms with Crippen molar-refractivity contribution in [1.82, 2.24) is 35.0 Å². The number of aromatic nitrogens is 5. The van der Waals surface area contributed by atoms with Gasteiger partial charge in [-0.2, -0.15) is 4.68 Å². The fourth-order valence-electron chi connectivity index (χ4n) is 3.72. The van der Waals surface area contributed by atoms with Crippen LogP contribution in [-0.4, -0.2) is 73.6 Å². The number of rotatable bonds is 6. The van der Waals surface area contributed by atoms with Crippen LogP contribution in [-0.2, 0) is 17.6 Å². The Morgan fingerprint density at radius 2 is 1.94 bits per heavy atom. The van der Waals surface area contributed by atoms with Gasteiger partial charge in [0, 0.05) is 38.9 Å². The van der Waals surface area contributed by atoms with Crippen molar-refractivity contribution in [2.45, 2.75) is 19.8 Å². The number of tetrazole rings is 1. The Morgan fingerprint density at radius 1 is 1.13 bits per heavy atom. The molecule has 1 amide bonds. The molecule has 9 nitrogen and oxygen atoms in total. The number of nitrogens with zero attached hydrogens (tertiary/aromatic N) is 8. The summed E-state index contributed by atoms with van der Waals surface area (Å²) in [7, 11) is 0. The topological polar surface area (TPSA) is 84.4 Å². The Labute approximate surface area is 181 Å². The van der Waals surface area contributed by atoms with Crippen molar-refractivity contribution in [3.63, 3.8) is 0 Å². The molecule has 0 N–H and O–H groups in total. The zero-order chi connectivity index (χ0) is 21.6. The van der Waals surface area contributed by atoms with Crippen LogP contribution in [0.25, 0.3) is 10.7 Å². The van der Waals surface area contributed by atoms with Gasteiger partial charge in [0.2, 0.25) is 5.91 Å². The summed E-state index contributed by atoms with van der Waals surface area (Å²) in [5, 5.41) is 11.0. The molecule has 0 saturated carbocycles. The standard InChI is InChI=1S/C22H24N8O/c1-17-13-18(3-5-20(17)23-2)7-8-28-9-11-29(12-10-28)22(31)14-19-4-6-21(24-15-19)30-16-25-26-27-30/h3-6,13,15-16H,7-12,14H2,1H3. The van der Waals surface area contributed by atoms with Gasteiger partial charge in [0.15, 0.2) is 11.5 Å². The van der Waals surface area contributed by atoms with E-state index >= 15 is 0 Å². The number of hydrogen-bond acceptors (Lipinski definition) is 6. The lowest BCUT2D eigenvalue weighted by Crippen LogP contribution is -2.49. The summed E-state index contributed by atoms with van der Waals surface area (Å²) in [4.78, 5) is 24.9. The molecule has 31 heavy (non-hydrogen) atoms. The summed E-state index contributed by atoms with van der Waals surface area (Å²) >= 11 is 0. The largest absolute Gasteiger partial charge is 0.340 e. The Morgan fingerprint density at radius 3 is 2.58 bits per heavy atom. The van der Waals surface area contributed by atoms with Gasteiger partial charge in [0.1, 0.15) is 6.33 Å². The summed E-state index contributed by atoms with van der Waals surface area (Å²) in [5.74, 6) is 0.746. The van der Waals surface area contributed by atoms with E-state index in [0.29, 0.717) is 12.2 Å². The van der Waals surface area contributed by atoms with Crippen molar-refractivity contribution in [3.8, 4) is 5.82 Å². The molecule has 158 valence electrons. The summed E-state index contributed by atoms with van der Waals surface area (Å²) in [6, 6.07) is 9.74. The van der Waals surface area contributed by atoms with E-state index in [4.69, 9.17) is 6.57 Å². The third kappa shape index (κ3) is 5.10. The van der Waals surface area contributed by atoms with Gasteiger partial charge in [-0.1, -0.05) is 24.3 Å². The van der Waals surface area contributed by atoms with Crippen molar-refractivity contribution in [1.29, 1.82) is 0 Å². The van der Waals surface area contributed by atoms with Gasteiger partial charge in [-0.3, -0.25) is 9.69 Å². The number of aryl methyl sites for hydroxylation is 1. The number of carbonyl (C=O) groups excluding carboxylic acids is 1. The van der Waals surface area contributed by atoms with Gasteiger partial charge in [0.05, 0.1) is 13.0 Å². The molecule has 0 aliphatic carbocycles. The molecule has 0 bridgehead atoms. The van der Waals surface area contributed by atoms with E-state index in [9.17, 15) is 4.79 Å². The molecule has 1 aliphatic heterocycles. The molecule has 3 heterocycles. The maximum absolute atomic E-state index is 12.7. The first-order valence-electron chi connectivity index (χ1n) is 10.3. The molecular formula is C22H24N8O. The summed E-state index contributed by atoms with van der Waals surface area (Å²) in [6.07, 6.45) is 4.48. The Hall–Kier alpha value is -3.64. The van der Waals surface area contributed by atoms with Crippen molar-refractivity contribution in [2.24, 2.45) is 0 Å². The molecule has 1 saturated heterocycles. The highest BCUT2D eigenvalue weighted by Crippen LogP contribution is 2.20. The molecule has 1 fully saturated rings. The minimum Gasteiger partial charge on any atom is -0.340 e. The fraction of sp³-hybridized carbons (Fsp3) is 0.364. The van der Waals surface area contributed by atoms with E-state index < -0.39 is 0 Å². The van der Waals surface area contributed by atoms with Gasteiger partial charge in [0.25, 0.3) is 0 Å². The minimum atomic E-state index is 0.127. The normalized spacial score (nSPS) is 14.4. The predicted octanol–water partition coefficient (Wildman–Crippen LogP) is 1.85. The number of piperazine rings is 1. The predicted molar refractivity (Wildman–Crippen MR) is 115 cm³/mol. The lowest BCUT2D eigenvalue weighted by atomic mass is 10.1. The van der Waals surface area contributed by atoms with Crippen LogP contribution < -0.4 is 0 Å². The monoisotopic (exact) mass is 416 g/mol. The number of carbonyl (C=O) groups is 1. The number of hydrogen-bond donors (Lipinski definition) is 0. The van der Waals surface area contributed by atoms with E-state index in [0.717, 1.165) is 56.0 Å². The molecule has 0 atom stereocenters. The van der Waals surface area contributed by atoms with Crippen molar-refractivity contribution < 1.29 is 4.79 Å². The number of benzene rings is 1. The van der Waals surface area contributed by atoms with E-state index in [-0.39, 0.29) is 5.91 Å². The average molecular weight is 416 g/mol. The Bertz CT molecular complexity index is 1060. The van der Waals surface area contributed by atoms with Crippen LogP contribution >= 0.6 is 0 Å². The molecule has 3 aromatic rings. The van der Waals surface area contributed by atoms with Crippen molar-refractivity contribution in [3.05, 3.63) is 71.0 Å². The number of amides is 1. The van der Waals surface area contributed by atoms with E-state index in [1.165, 1.54) is 16.6 Å². The Kier molecular flexibility index (Phi) is 6.29. The molecule has 4 rings (SSSR count). The first-order chi connectivity index (χ1) is 15.1. The number of pyridine rings is 1. The average Bonchev–Trinajstić information content (AvgIpc) is 3.33. The van der Waals surface area contributed by atoms with Gasteiger partial charge < -0.3 is 4.90 Å². The molecule has 1 aliphatic rings. The third-order valence-corrected chi connectivity index (χ3v) is 5.57. The van der Waals surface area contributed by atoms with Gasteiger partial charge >= 0.3 is 0 Å².